The molecule has 3 rings (SSSR count). The van der Waals surface area contributed by atoms with Crippen molar-refractivity contribution in [3.63, 3.8) is 0 Å². The second kappa shape index (κ2) is 4.77. The molecule has 2 heteroatoms. The molecule has 2 nitrogen and oxygen atoms in total. The number of piperidine rings is 1. The van der Waals surface area contributed by atoms with Crippen LogP contribution >= 0.6 is 0 Å². The molecular formula is C15H22N2. The van der Waals surface area contributed by atoms with Crippen LogP contribution in [0.5, 0.6) is 0 Å². The van der Waals surface area contributed by atoms with Crippen molar-refractivity contribution in [1.29, 1.82) is 0 Å². The molecule has 2 heterocycles. The van der Waals surface area contributed by atoms with Gasteiger partial charge in [0.2, 0.25) is 0 Å². The van der Waals surface area contributed by atoms with Gasteiger partial charge in [-0.1, -0.05) is 19.4 Å². The third-order valence-corrected chi connectivity index (χ3v) is 4.61. The second-order valence-corrected chi connectivity index (χ2v) is 5.55. The molecule has 17 heavy (non-hydrogen) atoms. The van der Waals surface area contributed by atoms with Gasteiger partial charge < -0.3 is 5.32 Å². The molecule has 3 unspecified atom stereocenters. The summed E-state index contributed by atoms with van der Waals surface area (Å²) in [4.78, 5) is 4.63. The van der Waals surface area contributed by atoms with Crippen LogP contribution in [0.15, 0.2) is 18.3 Å². The van der Waals surface area contributed by atoms with E-state index < -0.39 is 0 Å². The molecule has 3 atom stereocenters. The first-order chi connectivity index (χ1) is 8.38. The van der Waals surface area contributed by atoms with Gasteiger partial charge in [-0.25, -0.2) is 0 Å². The predicted molar refractivity (Wildman–Crippen MR) is 70.1 cm³/mol. The second-order valence-electron chi connectivity index (χ2n) is 5.55. The van der Waals surface area contributed by atoms with Crippen molar-refractivity contribution in [2.45, 2.75) is 51.0 Å². The van der Waals surface area contributed by atoms with E-state index in [4.69, 9.17) is 0 Å². The Morgan fingerprint density at radius 1 is 1.41 bits per heavy atom. The van der Waals surface area contributed by atoms with Crippen molar-refractivity contribution < 1.29 is 0 Å². The number of nitrogens with zero attached hydrogens (tertiary/aromatic N) is 1. The van der Waals surface area contributed by atoms with Crippen molar-refractivity contribution in [3.8, 4) is 0 Å². The summed E-state index contributed by atoms with van der Waals surface area (Å²) in [5.41, 5.74) is 2.86. The first-order valence-corrected chi connectivity index (χ1v) is 7.05. The van der Waals surface area contributed by atoms with Crippen LogP contribution in [0.1, 0.15) is 49.8 Å². The lowest BCUT2D eigenvalue weighted by molar-refractivity contribution is 0.264. The summed E-state index contributed by atoms with van der Waals surface area (Å²) in [6.07, 6.45) is 8.51. The highest BCUT2D eigenvalue weighted by Crippen LogP contribution is 2.37. The minimum atomic E-state index is 0.667. The summed E-state index contributed by atoms with van der Waals surface area (Å²) in [6.45, 7) is 3.52. The molecule has 0 amide bonds. The zero-order valence-electron chi connectivity index (χ0n) is 10.7. The minimum Gasteiger partial charge on any atom is -0.313 e. The van der Waals surface area contributed by atoms with Gasteiger partial charge in [0, 0.05) is 23.9 Å². The molecular weight excluding hydrogens is 208 g/mol. The monoisotopic (exact) mass is 230 g/mol. The smallest absolute Gasteiger partial charge is 0.0482 e. The Balaban J connectivity index is 1.77. The van der Waals surface area contributed by atoms with Crippen LogP contribution in [0, 0.1) is 5.92 Å². The Labute approximate surface area is 104 Å². The summed E-state index contributed by atoms with van der Waals surface area (Å²) in [6, 6.07) is 5.00. The van der Waals surface area contributed by atoms with E-state index in [9.17, 15) is 0 Å². The number of fused-ring (bicyclic) bond motifs is 1. The highest BCUT2D eigenvalue weighted by atomic mass is 14.9. The van der Waals surface area contributed by atoms with E-state index in [1.165, 1.54) is 49.9 Å². The normalized spacial score (nSPS) is 32.4. The number of hydrogen-bond donors (Lipinski definition) is 1. The highest BCUT2D eigenvalue weighted by Gasteiger charge is 2.33. The fourth-order valence-electron chi connectivity index (χ4n) is 3.55. The van der Waals surface area contributed by atoms with Gasteiger partial charge in [0.1, 0.15) is 0 Å². The minimum absolute atomic E-state index is 0.667. The fraction of sp³-hybridized carbons (Fsp3) is 0.667. The number of rotatable bonds is 2. The van der Waals surface area contributed by atoms with Crippen molar-refractivity contribution in [2.75, 3.05) is 6.54 Å². The largest absolute Gasteiger partial charge is 0.313 e. The van der Waals surface area contributed by atoms with Crippen molar-refractivity contribution in [3.05, 3.63) is 29.6 Å². The van der Waals surface area contributed by atoms with Gasteiger partial charge in [0.15, 0.2) is 0 Å². The lowest BCUT2D eigenvalue weighted by atomic mass is 9.83. The average molecular weight is 230 g/mol. The van der Waals surface area contributed by atoms with Crippen LogP contribution in [-0.4, -0.2) is 17.6 Å². The molecule has 1 saturated heterocycles. The maximum Gasteiger partial charge on any atom is 0.0482 e. The van der Waals surface area contributed by atoms with Crippen molar-refractivity contribution in [1.82, 2.24) is 10.3 Å². The van der Waals surface area contributed by atoms with Gasteiger partial charge in [0.05, 0.1) is 0 Å². The average Bonchev–Trinajstić information content (AvgIpc) is 2.82. The van der Waals surface area contributed by atoms with E-state index in [0.717, 1.165) is 5.92 Å². The summed E-state index contributed by atoms with van der Waals surface area (Å²) >= 11 is 0. The zero-order chi connectivity index (χ0) is 11.7. The van der Waals surface area contributed by atoms with Crippen LogP contribution in [0.2, 0.25) is 0 Å². The molecule has 1 N–H and O–H groups in total. The zero-order valence-corrected chi connectivity index (χ0v) is 10.7. The van der Waals surface area contributed by atoms with E-state index in [-0.39, 0.29) is 0 Å². The quantitative estimate of drug-likeness (QED) is 0.845. The molecule has 2 aliphatic rings. The molecule has 0 spiro atoms. The van der Waals surface area contributed by atoms with Crippen LogP contribution < -0.4 is 5.32 Å². The van der Waals surface area contributed by atoms with Gasteiger partial charge in [-0.3, -0.25) is 4.98 Å². The lowest BCUT2D eigenvalue weighted by Crippen LogP contribution is -2.41. The lowest BCUT2D eigenvalue weighted by Gasteiger charge is -2.33. The van der Waals surface area contributed by atoms with E-state index in [0.29, 0.717) is 12.0 Å². The molecule has 1 aliphatic heterocycles. The van der Waals surface area contributed by atoms with E-state index in [1.54, 1.807) is 0 Å². The molecule has 0 saturated carbocycles. The van der Waals surface area contributed by atoms with Crippen LogP contribution in [0.4, 0.5) is 0 Å². The molecule has 92 valence electrons. The van der Waals surface area contributed by atoms with Crippen molar-refractivity contribution >= 4 is 0 Å². The Hall–Kier alpha value is -0.890. The molecule has 0 bridgehead atoms. The number of aryl methyl sites for hydroxylation is 1. The standard InChI is InChI=1S/C15H22N2/c1-2-11-7-9-16-14(10-11)13-6-5-12-4-3-8-17-15(12)13/h3-4,8,11,13-14,16H,2,5-7,9-10H2,1H3. The number of aromatic nitrogens is 1. The Morgan fingerprint density at radius 3 is 3.24 bits per heavy atom. The van der Waals surface area contributed by atoms with E-state index in [2.05, 4.69) is 29.4 Å². The van der Waals surface area contributed by atoms with Crippen molar-refractivity contribution in [2.24, 2.45) is 5.92 Å². The maximum absolute atomic E-state index is 4.63. The Bertz CT molecular complexity index is 388. The first-order valence-electron chi connectivity index (χ1n) is 7.05. The topological polar surface area (TPSA) is 24.9 Å². The molecule has 0 aromatic carbocycles. The number of pyridine rings is 1. The van der Waals surface area contributed by atoms with E-state index >= 15 is 0 Å². The third-order valence-electron chi connectivity index (χ3n) is 4.61. The van der Waals surface area contributed by atoms with E-state index in [1.807, 2.05) is 6.20 Å². The fourth-order valence-corrected chi connectivity index (χ4v) is 3.55. The first kappa shape index (κ1) is 11.2. The summed E-state index contributed by atoms with van der Waals surface area (Å²) < 4.78 is 0. The van der Waals surface area contributed by atoms with Gasteiger partial charge in [0.25, 0.3) is 0 Å². The summed E-state index contributed by atoms with van der Waals surface area (Å²) in [5, 5.41) is 3.73. The number of nitrogens with one attached hydrogen (secondary N) is 1. The third kappa shape index (κ3) is 2.11. The summed E-state index contributed by atoms with van der Waals surface area (Å²) in [7, 11) is 0. The van der Waals surface area contributed by atoms with Crippen LogP contribution in [-0.2, 0) is 6.42 Å². The van der Waals surface area contributed by atoms with Crippen LogP contribution in [0.3, 0.4) is 0 Å². The summed E-state index contributed by atoms with van der Waals surface area (Å²) in [5.74, 6) is 1.59. The SMILES string of the molecule is CCC1CCNC(C2CCc3cccnc32)C1. The Morgan fingerprint density at radius 2 is 2.35 bits per heavy atom. The van der Waals surface area contributed by atoms with Gasteiger partial charge in [-0.15, -0.1) is 0 Å². The maximum atomic E-state index is 4.63. The highest BCUT2D eigenvalue weighted by molar-refractivity contribution is 5.30. The molecule has 0 radical (unpaired) electrons. The molecule has 1 aliphatic carbocycles. The molecule has 1 aromatic rings. The van der Waals surface area contributed by atoms with Gasteiger partial charge in [-0.2, -0.15) is 0 Å². The van der Waals surface area contributed by atoms with Gasteiger partial charge >= 0.3 is 0 Å². The molecule has 1 aromatic heterocycles. The van der Waals surface area contributed by atoms with Crippen LogP contribution in [0.25, 0.3) is 0 Å². The Kier molecular flexibility index (Phi) is 3.15. The number of hydrogen-bond acceptors (Lipinski definition) is 2. The van der Waals surface area contributed by atoms with Gasteiger partial charge in [-0.05, 0) is 49.8 Å². The molecule has 1 fully saturated rings. The predicted octanol–water partition coefficient (Wildman–Crippen LogP) is 2.89.